The van der Waals surface area contributed by atoms with Crippen LogP contribution in [0.15, 0.2) is 23.3 Å². The third-order valence-corrected chi connectivity index (χ3v) is 5.41. The van der Waals surface area contributed by atoms with E-state index in [1.807, 2.05) is 13.8 Å². The molecule has 0 fully saturated rings. The van der Waals surface area contributed by atoms with Gasteiger partial charge < -0.3 is 0 Å². The van der Waals surface area contributed by atoms with E-state index in [4.69, 9.17) is 0 Å². The summed E-state index contributed by atoms with van der Waals surface area (Å²) >= 11 is 0. The Morgan fingerprint density at radius 2 is 1.12 bits per heavy atom. The molecule has 0 unspecified atom stereocenters. The van der Waals surface area contributed by atoms with E-state index in [0.717, 1.165) is 11.1 Å². The van der Waals surface area contributed by atoms with Crippen LogP contribution in [0.25, 0.3) is 0 Å². The number of sulfone groups is 2. The van der Waals surface area contributed by atoms with Crippen LogP contribution in [0.3, 0.4) is 0 Å². The van der Waals surface area contributed by atoms with E-state index in [0.29, 0.717) is 0 Å². The maximum absolute atomic E-state index is 10.6. The molecule has 4 nitrogen and oxygen atoms in total. The fraction of sp³-hybridized carbons (Fsp3) is 0.600. The van der Waals surface area contributed by atoms with E-state index >= 15 is 0 Å². The minimum atomic E-state index is -2.69. The van der Waals surface area contributed by atoms with Gasteiger partial charge in [-0.1, -0.05) is 23.3 Å². The summed E-state index contributed by atoms with van der Waals surface area (Å²) in [6.07, 6.45) is 3.52. The van der Waals surface area contributed by atoms with Crippen molar-refractivity contribution >= 4 is 19.7 Å². The number of hydrogen-bond donors (Lipinski definition) is 0. The maximum Gasteiger partial charge on any atom is 0.157 e. The Bertz CT molecular complexity index is 471. The predicted octanol–water partition coefficient (Wildman–Crippen LogP) is 0.722. The zero-order valence-corrected chi connectivity index (χ0v) is 11.1. The van der Waals surface area contributed by atoms with Crippen molar-refractivity contribution in [2.75, 3.05) is 23.0 Å². The van der Waals surface area contributed by atoms with Crippen LogP contribution in [0.4, 0.5) is 0 Å². The van der Waals surface area contributed by atoms with Crippen LogP contribution < -0.4 is 0 Å². The van der Waals surface area contributed by atoms with Gasteiger partial charge in [0, 0.05) is 0 Å². The highest BCUT2D eigenvalue weighted by Crippen LogP contribution is 2.09. The molecule has 92 valence electrons. The van der Waals surface area contributed by atoms with Gasteiger partial charge in [-0.25, -0.2) is 16.8 Å². The minimum absolute atomic E-state index is 0.249. The molecule has 0 radical (unpaired) electrons. The SMILES string of the molecule is CC1=CCS(=O)(=O)C1.CC1=CCS(=O)(=O)C1. The van der Waals surface area contributed by atoms with Crippen LogP contribution >= 0.6 is 0 Å². The molecule has 0 saturated carbocycles. The molecule has 2 rings (SSSR count). The van der Waals surface area contributed by atoms with Crippen molar-refractivity contribution < 1.29 is 16.8 Å². The molecule has 0 aliphatic carbocycles. The van der Waals surface area contributed by atoms with E-state index in [1.54, 1.807) is 12.2 Å². The third-order valence-electron chi connectivity index (χ3n) is 2.27. The molecule has 0 aromatic heterocycles. The molecule has 2 aliphatic heterocycles. The average molecular weight is 264 g/mol. The summed E-state index contributed by atoms with van der Waals surface area (Å²) in [7, 11) is -5.38. The van der Waals surface area contributed by atoms with Crippen LogP contribution in [0.5, 0.6) is 0 Å². The fourth-order valence-electron chi connectivity index (χ4n) is 1.47. The van der Waals surface area contributed by atoms with E-state index in [-0.39, 0.29) is 23.0 Å². The van der Waals surface area contributed by atoms with Crippen LogP contribution in [0, 0.1) is 0 Å². The highest BCUT2D eigenvalue weighted by atomic mass is 32.2. The molecule has 0 aromatic carbocycles. The van der Waals surface area contributed by atoms with Gasteiger partial charge in [0.1, 0.15) is 0 Å². The van der Waals surface area contributed by atoms with E-state index in [1.165, 1.54) is 0 Å². The largest absolute Gasteiger partial charge is 0.228 e. The molecule has 0 N–H and O–H groups in total. The van der Waals surface area contributed by atoms with Gasteiger partial charge in [0.2, 0.25) is 0 Å². The number of hydrogen-bond acceptors (Lipinski definition) is 4. The summed E-state index contributed by atoms with van der Waals surface area (Å²) in [6, 6.07) is 0. The standard InChI is InChI=1S/2C5H8O2S/c2*1-5-2-3-8(6,7)4-5/h2*2H,3-4H2,1H3. The highest BCUT2D eigenvalue weighted by Gasteiger charge is 2.16. The molecule has 16 heavy (non-hydrogen) atoms. The lowest BCUT2D eigenvalue weighted by molar-refractivity contribution is 0.601. The van der Waals surface area contributed by atoms with Crippen LogP contribution in [-0.2, 0) is 19.7 Å². The molecule has 2 heterocycles. The second-order valence-corrected chi connectivity index (χ2v) is 8.43. The van der Waals surface area contributed by atoms with Crippen molar-refractivity contribution in [1.82, 2.24) is 0 Å². The Balaban J connectivity index is 0.000000160. The molecule has 0 bridgehead atoms. The molecule has 0 atom stereocenters. The van der Waals surface area contributed by atoms with Crippen molar-refractivity contribution in [3.8, 4) is 0 Å². The van der Waals surface area contributed by atoms with Crippen molar-refractivity contribution in [1.29, 1.82) is 0 Å². The zero-order chi connectivity index (χ0) is 12.4. The monoisotopic (exact) mass is 264 g/mol. The minimum Gasteiger partial charge on any atom is -0.228 e. The zero-order valence-electron chi connectivity index (χ0n) is 9.43. The Labute approximate surface area is 96.9 Å². The molecule has 6 heteroatoms. The summed E-state index contributed by atoms with van der Waals surface area (Å²) in [6.45, 7) is 3.68. The van der Waals surface area contributed by atoms with Crippen LogP contribution in [-0.4, -0.2) is 39.8 Å². The third kappa shape index (κ3) is 4.49. The summed E-state index contributed by atoms with van der Waals surface area (Å²) in [5.74, 6) is 1.04. The van der Waals surface area contributed by atoms with Crippen LogP contribution in [0.1, 0.15) is 13.8 Å². The van der Waals surface area contributed by atoms with Gasteiger partial charge in [0.15, 0.2) is 19.7 Å². The van der Waals surface area contributed by atoms with Gasteiger partial charge >= 0.3 is 0 Å². The number of rotatable bonds is 0. The van der Waals surface area contributed by atoms with Crippen molar-refractivity contribution in [2.45, 2.75) is 13.8 Å². The van der Waals surface area contributed by atoms with Gasteiger partial charge in [-0.3, -0.25) is 0 Å². The normalized spacial score (nSPS) is 25.4. The second kappa shape index (κ2) is 4.71. The second-order valence-electron chi connectivity index (χ2n) is 4.21. The topological polar surface area (TPSA) is 68.3 Å². The smallest absolute Gasteiger partial charge is 0.157 e. The first kappa shape index (κ1) is 13.4. The Morgan fingerprint density at radius 1 is 0.812 bits per heavy atom. The summed E-state index contributed by atoms with van der Waals surface area (Å²) in [5, 5.41) is 0. The average Bonchev–Trinajstić information content (AvgIpc) is 2.56. The summed E-state index contributed by atoms with van der Waals surface area (Å²) < 4.78 is 42.4. The van der Waals surface area contributed by atoms with Gasteiger partial charge in [0.25, 0.3) is 0 Å². The van der Waals surface area contributed by atoms with E-state index in [2.05, 4.69) is 0 Å². The fourth-order valence-corrected chi connectivity index (χ4v) is 4.40. The molecule has 0 aromatic rings. The Morgan fingerprint density at radius 3 is 1.19 bits per heavy atom. The van der Waals surface area contributed by atoms with Crippen LogP contribution in [0.2, 0.25) is 0 Å². The molecule has 2 aliphatic rings. The lowest BCUT2D eigenvalue weighted by Crippen LogP contribution is -2.01. The van der Waals surface area contributed by atoms with Gasteiger partial charge in [-0.15, -0.1) is 0 Å². The summed E-state index contributed by atoms with van der Waals surface area (Å²) in [5.41, 5.74) is 1.95. The quantitative estimate of drug-likeness (QED) is 0.605. The van der Waals surface area contributed by atoms with Crippen molar-refractivity contribution in [3.63, 3.8) is 0 Å². The first-order valence-corrected chi connectivity index (χ1v) is 8.57. The molecular weight excluding hydrogens is 248 g/mol. The molecular formula is C10H16O4S2. The Hall–Kier alpha value is -0.620. The Kier molecular flexibility index (Phi) is 3.96. The first-order valence-electron chi connectivity index (χ1n) is 4.92. The predicted molar refractivity (Wildman–Crippen MR) is 64.8 cm³/mol. The van der Waals surface area contributed by atoms with Gasteiger partial charge in [0.05, 0.1) is 23.0 Å². The summed E-state index contributed by atoms with van der Waals surface area (Å²) in [4.78, 5) is 0. The van der Waals surface area contributed by atoms with E-state index in [9.17, 15) is 16.8 Å². The first-order chi connectivity index (χ1) is 7.20. The molecule has 0 amide bonds. The lowest BCUT2D eigenvalue weighted by atomic mass is 10.3. The van der Waals surface area contributed by atoms with Gasteiger partial charge in [-0.05, 0) is 13.8 Å². The molecule has 0 spiro atoms. The van der Waals surface area contributed by atoms with Gasteiger partial charge in [-0.2, -0.15) is 0 Å². The molecule has 0 saturated heterocycles. The van der Waals surface area contributed by atoms with E-state index < -0.39 is 19.7 Å². The highest BCUT2D eigenvalue weighted by molar-refractivity contribution is 7.92. The van der Waals surface area contributed by atoms with Crippen molar-refractivity contribution in [3.05, 3.63) is 23.3 Å². The maximum atomic E-state index is 10.6. The lowest BCUT2D eigenvalue weighted by Gasteiger charge is -1.86. The van der Waals surface area contributed by atoms with Crippen molar-refractivity contribution in [2.24, 2.45) is 0 Å².